The summed E-state index contributed by atoms with van der Waals surface area (Å²) < 4.78 is 28.9. The molecule has 0 saturated heterocycles. The second-order valence-corrected chi connectivity index (χ2v) is 6.85. The number of halogens is 3. The molecule has 0 atom stereocenters. The van der Waals surface area contributed by atoms with Crippen LogP contribution in [0.5, 0.6) is 0 Å². The quantitative estimate of drug-likeness (QED) is 0.718. The SMILES string of the molecule is O=c1[nH]c(=O)n2c3c(c(-c4ccc(F)cc4F)c(Cl)cc13)SCC2. The molecule has 1 aliphatic heterocycles. The van der Waals surface area contributed by atoms with Gasteiger partial charge in [-0.2, -0.15) is 0 Å². The normalized spacial score (nSPS) is 13.5. The molecular formula is C16H9ClF2N2O2S. The Morgan fingerprint density at radius 1 is 1.21 bits per heavy atom. The van der Waals surface area contributed by atoms with E-state index < -0.39 is 22.9 Å². The highest BCUT2D eigenvalue weighted by molar-refractivity contribution is 7.99. The standard InChI is InChI=1S/C16H9ClF2N2O2S/c17-10-6-9-13-14(12(10)8-2-1-7(18)5-11(8)19)24-4-3-21(13)16(23)20-15(9)22/h1-2,5-6H,3-4H2,(H,20,22,23). The van der Waals surface area contributed by atoms with Crippen LogP contribution in [0.1, 0.15) is 0 Å². The van der Waals surface area contributed by atoms with Crippen LogP contribution in [0.25, 0.3) is 22.0 Å². The van der Waals surface area contributed by atoms with Crippen LogP contribution in [-0.2, 0) is 6.54 Å². The number of nitrogens with one attached hydrogen (secondary N) is 1. The van der Waals surface area contributed by atoms with Crippen molar-refractivity contribution in [2.75, 3.05) is 5.75 Å². The summed E-state index contributed by atoms with van der Waals surface area (Å²) in [5.74, 6) is -0.871. The number of H-pyrrole nitrogens is 1. The summed E-state index contributed by atoms with van der Waals surface area (Å²) in [6, 6.07) is 4.64. The van der Waals surface area contributed by atoms with E-state index in [9.17, 15) is 18.4 Å². The highest BCUT2D eigenvalue weighted by Gasteiger charge is 2.24. The topological polar surface area (TPSA) is 54.9 Å². The van der Waals surface area contributed by atoms with Gasteiger partial charge in [0.1, 0.15) is 11.6 Å². The van der Waals surface area contributed by atoms with E-state index >= 15 is 0 Å². The van der Waals surface area contributed by atoms with Crippen molar-refractivity contribution >= 4 is 34.3 Å². The van der Waals surface area contributed by atoms with Gasteiger partial charge in [0.25, 0.3) is 5.56 Å². The maximum atomic E-state index is 14.3. The summed E-state index contributed by atoms with van der Waals surface area (Å²) in [7, 11) is 0. The lowest BCUT2D eigenvalue weighted by molar-refractivity contribution is 0.585. The Morgan fingerprint density at radius 3 is 2.75 bits per heavy atom. The van der Waals surface area contributed by atoms with Crippen LogP contribution in [0.2, 0.25) is 5.02 Å². The van der Waals surface area contributed by atoms with Gasteiger partial charge in [-0.05, 0) is 18.2 Å². The van der Waals surface area contributed by atoms with Crippen LogP contribution in [-0.4, -0.2) is 15.3 Å². The minimum atomic E-state index is -0.752. The molecule has 0 aliphatic carbocycles. The molecule has 3 aromatic rings. The number of aromatic nitrogens is 2. The summed E-state index contributed by atoms with van der Waals surface area (Å²) >= 11 is 7.70. The minimum absolute atomic E-state index is 0.131. The average molecular weight is 367 g/mol. The van der Waals surface area contributed by atoms with Crippen molar-refractivity contribution in [1.82, 2.24) is 9.55 Å². The lowest BCUT2D eigenvalue weighted by Gasteiger charge is -2.22. The molecule has 122 valence electrons. The largest absolute Gasteiger partial charge is 0.328 e. The molecule has 0 unspecified atom stereocenters. The Morgan fingerprint density at radius 2 is 2.00 bits per heavy atom. The van der Waals surface area contributed by atoms with Crippen molar-refractivity contribution in [3.8, 4) is 11.1 Å². The monoisotopic (exact) mass is 366 g/mol. The van der Waals surface area contributed by atoms with Gasteiger partial charge in [-0.1, -0.05) is 11.6 Å². The maximum absolute atomic E-state index is 14.3. The van der Waals surface area contributed by atoms with Gasteiger partial charge in [0.15, 0.2) is 0 Å². The van der Waals surface area contributed by atoms with Gasteiger partial charge in [0.05, 0.1) is 15.9 Å². The summed E-state index contributed by atoms with van der Waals surface area (Å²) in [4.78, 5) is 27.0. The molecule has 0 spiro atoms. The first-order chi connectivity index (χ1) is 11.5. The van der Waals surface area contributed by atoms with Crippen molar-refractivity contribution in [3.63, 3.8) is 0 Å². The van der Waals surface area contributed by atoms with Crippen molar-refractivity contribution in [2.24, 2.45) is 0 Å². The second kappa shape index (κ2) is 5.46. The Bertz CT molecular complexity index is 1120. The molecule has 2 aromatic carbocycles. The van der Waals surface area contributed by atoms with E-state index in [1.807, 2.05) is 0 Å². The van der Waals surface area contributed by atoms with E-state index in [-0.39, 0.29) is 16.0 Å². The number of rotatable bonds is 1. The average Bonchev–Trinajstić information content (AvgIpc) is 2.53. The molecule has 8 heteroatoms. The smallest absolute Gasteiger partial charge is 0.291 e. The summed E-state index contributed by atoms with van der Waals surface area (Å²) in [5, 5.41) is 0.446. The molecular weight excluding hydrogens is 358 g/mol. The summed E-state index contributed by atoms with van der Waals surface area (Å²) in [5.41, 5.74) is -0.120. The zero-order chi connectivity index (χ0) is 17.0. The van der Waals surface area contributed by atoms with Gasteiger partial charge in [-0.3, -0.25) is 14.3 Å². The van der Waals surface area contributed by atoms with Crippen LogP contribution in [0.4, 0.5) is 8.78 Å². The van der Waals surface area contributed by atoms with E-state index in [0.717, 1.165) is 12.1 Å². The van der Waals surface area contributed by atoms with Gasteiger partial charge < -0.3 is 0 Å². The third-order valence-electron chi connectivity index (χ3n) is 3.95. The highest BCUT2D eigenvalue weighted by atomic mass is 35.5. The van der Waals surface area contributed by atoms with Crippen molar-refractivity contribution in [2.45, 2.75) is 11.4 Å². The molecule has 2 heterocycles. The predicted octanol–water partition coefficient (Wildman–Crippen LogP) is 3.39. The second-order valence-electron chi connectivity index (χ2n) is 5.34. The number of aryl methyl sites for hydroxylation is 1. The molecule has 1 N–H and O–H groups in total. The van der Waals surface area contributed by atoms with Gasteiger partial charge in [0, 0.05) is 34.4 Å². The maximum Gasteiger partial charge on any atom is 0.328 e. The van der Waals surface area contributed by atoms with Crippen LogP contribution in [0.15, 0.2) is 38.8 Å². The first-order valence-corrected chi connectivity index (χ1v) is 8.41. The van der Waals surface area contributed by atoms with Crippen LogP contribution in [0, 0.1) is 11.6 Å². The Kier molecular flexibility index (Phi) is 3.51. The first kappa shape index (κ1) is 15.4. The van der Waals surface area contributed by atoms with E-state index in [1.165, 1.54) is 28.5 Å². The van der Waals surface area contributed by atoms with Crippen LogP contribution < -0.4 is 11.2 Å². The van der Waals surface area contributed by atoms with Gasteiger partial charge >= 0.3 is 5.69 Å². The number of nitrogens with zero attached hydrogens (tertiary/aromatic N) is 1. The fraction of sp³-hybridized carbons (Fsp3) is 0.125. The summed E-state index contributed by atoms with van der Waals surface area (Å²) in [6.45, 7) is 0.427. The molecule has 1 aromatic heterocycles. The molecule has 1 aliphatic rings. The zero-order valence-corrected chi connectivity index (χ0v) is 13.6. The predicted molar refractivity (Wildman–Crippen MR) is 89.9 cm³/mol. The lowest BCUT2D eigenvalue weighted by Crippen LogP contribution is -2.32. The Balaban J connectivity index is 2.19. The number of hydrogen-bond acceptors (Lipinski definition) is 3. The first-order valence-electron chi connectivity index (χ1n) is 7.05. The Labute approximate surface area is 143 Å². The van der Waals surface area contributed by atoms with Crippen molar-refractivity contribution in [1.29, 1.82) is 0 Å². The van der Waals surface area contributed by atoms with E-state index in [0.29, 0.717) is 28.3 Å². The summed E-state index contributed by atoms with van der Waals surface area (Å²) in [6.07, 6.45) is 0. The molecule has 0 radical (unpaired) electrons. The molecule has 24 heavy (non-hydrogen) atoms. The van der Waals surface area contributed by atoms with Crippen LogP contribution >= 0.6 is 23.4 Å². The third kappa shape index (κ3) is 2.19. The number of aromatic amines is 1. The van der Waals surface area contributed by atoms with Crippen LogP contribution in [0.3, 0.4) is 0 Å². The fourth-order valence-electron chi connectivity index (χ4n) is 2.93. The molecule has 0 fully saturated rings. The molecule has 4 rings (SSSR count). The molecule has 0 bridgehead atoms. The van der Waals surface area contributed by atoms with Gasteiger partial charge in [-0.25, -0.2) is 13.6 Å². The minimum Gasteiger partial charge on any atom is -0.291 e. The van der Waals surface area contributed by atoms with Gasteiger partial charge in [0.2, 0.25) is 0 Å². The fourth-order valence-corrected chi connectivity index (χ4v) is 4.49. The van der Waals surface area contributed by atoms with Gasteiger partial charge in [-0.15, -0.1) is 11.8 Å². The third-order valence-corrected chi connectivity index (χ3v) is 5.32. The molecule has 0 saturated carbocycles. The van der Waals surface area contributed by atoms with Crippen molar-refractivity contribution in [3.05, 3.63) is 61.8 Å². The number of thioether (sulfide) groups is 1. The van der Waals surface area contributed by atoms with Crippen molar-refractivity contribution < 1.29 is 8.78 Å². The highest BCUT2D eigenvalue weighted by Crippen LogP contribution is 2.43. The van der Waals surface area contributed by atoms with E-state index in [4.69, 9.17) is 11.6 Å². The number of hydrogen-bond donors (Lipinski definition) is 1. The molecule has 4 nitrogen and oxygen atoms in total. The zero-order valence-electron chi connectivity index (χ0n) is 12.0. The lowest BCUT2D eigenvalue weighted by atomic mass is 10.0. The molecule has 0 amide bonds. The number of benzene rings is 2. The van der Waals surface area contributed by atoms with E-state index in [2.05, 4.69) is 4.98 Å². The Hall–Kier alpha value is -2.12. The van der Waals surface area contributed by atoms with E-state index in [1.54, 1.807) is 0 Å².